The van der Waals surface area contributed by atoms with Crippen molar-refractivity contribution in [3.8, 4) is 5.75 Å². The highest BCUT2D eigenvalue weighted by Gasteiger charge is 2.34. The van der Waals surface area contributed by atoms with Crippen molar-refractivity contribution in [3.63, 3.8) is 0 Å². The van der Waals surface area contributed by atoms with Gasteiger partial charge in [0.05, 0.1) is 6.54 Å². The van der Waals surface area contributed by atoms with Crippen LogP contribution in [-0.2, 0) is 9.59 Å². The van der Waals surface area contributed by atoms with E-state index in [0.717, 1.165) is 32.4 Å². The van der Waals surface area contributed by atoms with Crippen LogP contribution in [0.3, 0.4) is 0 Å². The third kappa shape index (κ3) is 3.47. The van der Waals surface area contributed by atoms with Crippen molar-refractivity contribution in [3.05, 3.63) is 29.8 Å². The average molecular weight is 318 g/mol. The minimum atomic E-state index is -0.950. The van der Waals surface area contributed by atoms with Gasteiger partial charge in [-0.15, -0.1) is 0 Å². The van der Waals surface area contributed by atoms with E-state index in [4.69, 9.17) is 4.74 Å². The molecule has 1 aromatic rings. The molecule has 2 aliphatic heterocycles. The first kappa shape index (κ1) is 15.8. The van der Waals surface area contributed by atoms with Crippen LogP contribution < -0.4 is 4.74 Å². The largest absolute Gasteiger partial charge is 0.492 e. The van der Waals surface area contributed by atoms with Crippen LogP contribution in [0.25, 0.3) is 0 Å². The highest BCUT2D eigenvalue weighted by molar-refractivity contribution is 5.81. The topological polar surface area (TPSA) is 70.1 Å². The Kier molecular flexibility index (Phi) is 4.81. The van der Waals surface area contributed by atoms with Crippen LogP contribution >= 0.6 is 0 Å². The summed E-state index contributed by atoms with van der Waals surface area (Å²) >= 11 is 0. The van der Waals surface area contributed by atoms with Crippen molar-refractivity contribution in [2.45, 2.75) is 25.3 Å². The Morgan fingerprint density at radius 2 is 1.87 bits per heavy atom. The number of hydrogen-bond acceptors (Lipinski definition) is 4. The van der Waals surface area contributed by atoms with Gasteiger partial charge in [0.1, 0.15) is 18.4 Å². The van der Waals surface area contributed by atoms with Gasteiger partial charge in [0.15, 0.2) is 0 Å². The van der Waals surface area contributed by atoms with Crippen LogP contribution in [0, 0.1) is 0 Å². The van der Waals surface area contributed by atoms with Gasteiger partial charge in [0, 0.05) is 25.2 Å². The van der Waals surface area contributed by atoms with E-state index in [1.807, 2.05) is 11.0 Å². The van der Waals surface area contributed by atoms with E-state index in [1.54, 1.807) is 23.1 Å². The number of carboxylic acid groups (broad SMARTS) is 1. The zero-order valence-corrected chi connectivity index (χ0v) is 13.1. The number of ether oxygens (including phenoxy) is 1. The van der Waals surface area contributed by atoms with Crippen LogP contribution in [-0.4, -0.2) is 59.6 Å². The van der Waals surface area contributed by atoms with E-state index in [-0.39, 0.29) is 12.5 Å². The molecule has 1 aromatic carbocycles. The van der Waals surface area contributed by atoms with E-state index in [0.29, 0.717) is 24.5 Å². The Labute approximate surface area is 135 Å². The molecule has 1 atom stereocenters. The van der Waals surface area contributed by atoms with E-state index < -0.39 is 12.0 Å². The molecule has 2 aliphatic rings. The molecule has 0 aromatic heterocycles. The average Bonchev–Trinajstić information content (AvgIpc) is 2.74. The molecule has 6 heteroatoms. The summed E-state index contributed by atoms with van der Waals surface area (Å²) in [4.78, 5) is 27.9. The lowest BCUT2D eigenvalue weighted by Crippen LogP contribution is -2.45. The van der Waals surface area contributed by atoms with E-state index in [1.165, 1.54) is 0 Å². The number of hydrogen-bond donors (Lipinski definition) is 1. The maximum atomic E-state index is 12.5. The second kappa shape index (κ2) is 7.00. The zero-order chi connectivity index (χ0) is 16.2. The van der Waals surface area contributed by atoms with Crippen molar-refractivity contribution in [1.29, 1.82) is 0 Å². The van der Waals surface area contributed by atoms with Gasteiger partial charge in [-0.2, -0.15) is 0 Å². The summed E-state index contributed by atoms with van der Waals surface area (Å²) in [6, 6.07) is 6.32. The van der Waals surface area contributed by atoms with Crippen LogP contribution in [0.2, 0.25) is 0 Å². The van der Waals surface area contributed by atoms with Gasteiger partial charge in [0.2, 0.25) is 5.91 Å². The Morgan fingerprint density at radius 1 is 1.13 bits per heavy atom. The summed E-state index contributed by atoms with van der Waals surface area (Å²) in [5.74, 6) is -0.349. The summed E-state index contributed by atoms with van der Waals surface area (Å²) < 4.78 is 5.66. The number of fused-ring (bicyclic) bond motifs is 1. The third-order valence-electron chi connectivity index (χ3n) is 4.50. The minimum Gasteiger partial charge on any atom is -0.492 e. The normalized spacial score (nSPS) is 21.9. The monoisotopic (exact) mass is 318 g/mol. The van der Waals surface area contributed by atoms with Crippen LogP contribution in [0.1, 0.15) is 30.9 Å². The first-order valence-electron chi connectivity index (χ1n) is 8.13. The SMILES string of the molecule is O=C(O)C1c2ccccc2OCCN1CC(=O)N1CCCCC1. The molecule has 3 rings (SSSR count). The highest BCUT2D eigenvalue weighted by atomic mass is 16.5. The fraction of sp³-hybridized carbons (Fsp3) is 0.529. The first-order chi connectivity index (χ1) is 11.2. The summed E-state index contributed by atoms with van der Waals surface area (Å²) in [5, 5.41) is 9.68. The molecule has 0 radical (unpaired) electrons. The maximum absolute atomic E-state index is 12.5. The van der Waals surface area contributed by atoms with Crippen LogP contribution in [0.15, 0.2) is 24.3 Å². The van der Waals surface area contributed by atoms with Crippen LogP contribution in [0.4, 0.5) is 0 Å². The number of para-hydroxylation sites is 1. The van der Waals surface area contributed by atoms with Crippen molar-refractivity contribution in [2.75, 3.05) is 32.8 Å². The lowest BCUT2D eigenvalue weighted by molar-refractivity contribution is -0.145. The molecule has 0 spiro atoms. The molecule has 6 nitrogen and oxygen atoms in total. The molecule has 0 aliphatic carbocycles. The molecule has 1 saturated heterocycles. The molecule has 0 saturated carbocycles. The summed E-state index contributed by atoms with van der Waals surface area (Å²) in [5.41, 5.74) is 0.615. The number of amides is 1. The Hall–Kier alpha value is -2.08. The van der Waals surface area contributed by atoms with Crippen molar-refractivity contribution in [1.82, 2.24) is 9.80 Å². The summed E-state index contributed by atoms with van der Waals surface area (Å²) in [6.07, 6.45) is 3.21. The Morgan fingerprint density at radius 3 is 2.61 bits per heavy atom. The molecular weight excluding hydrogens is 296 g/mol. The van der Waals surface area contributed by atoms with Gasteiger partial charge in [-0.05, 0) is 25.3 Å². The molecular formula is C17H22N2O4. The molecule has 0 bridgehead atoms. The molecule has 1 unspecified atom stereocenters. The summed E-state index contributed by atoms with van der Waals surface area (Å²) in [6.45, 7) is 2.48. The smallest absolute Gasteiger partial charge is 0.325 e. The second-order valence-corrected chi connectivity index (χ2v) is 6.04. The molecule has 23 heavy (non-hydrogen) atoms. The Bertz CT molecular complexity index is 584. The van der Waals surface area contributed by atoms with Gasteiger partial charge in [0.25, 0.3) is 0 Å². The molecule has 1 amide bonds. The first-order valence-corrected chi connectivity index (χ1v) is 8.13. The van der Waals surface area contributed by atoms with Gasteiger partial charge >= 0.3 is 5.97 Å². The number of nitrogens with zero attached hydrogens (tertiary/aromatic N) is 2. The molecule has 1 N–H and O–H groups in total. The number of carbonyl (C=O) groups is 2. The van der Waals surface area contributed by atoms with E-state index >= 15 is 0 Å². The molecule has 2 heterocycles. The van der Waals surface area contributed by atoms with Gasteiger partial charge in [-0.1, -0.05) is 18.2 Å². The van der Waals surface area contributed by atoms with Gasteiger partial charge < -0.3 is 14.7 Å². The van der Waals surface area contributed by atoms with Crippen molar-refractivity contribution >= 4 is 11.9 Å². The molecule has 124 valence electrons. The zero-order valence-electron chi connectivity index (χ0n) is 13.1. The quantitative estimate of drug-likeness (QED) is 0.915. The van der Waals surface area contributed by atoms with Crippen LogP contribution in [0.5, 0.6) is 5.75 Å². The van der Waals surface area contributed by atoms with E-state index in [2.05, 4.69) is 0 Å². The van der Waals surface area contributed by atoms with E-state index in [9.17, 15) is 14.7 Å². The number of carboxylic acids is 1. The summed E-state index contributed by atoms with van der Waals surface area (Å²) in [7, 11) is 0. The van der Waals surface area contributed by atoms with Gasteiger partial charge in [-0.3, -0.25) is 14.5 Å². The Balaban J connectivity index is 1.79. The fourth-order valence-corrected chi connectivity index (χ4v) is 3.31. The second-order valence-electron chi connectivity index (χ2n) is 6.04. The molecule has 1 fully saturated rings. The number of carbonyl (C=O) groups excluding carboxylic acids is 1. The van der Waals surface area contributed by atoms with Crippen molar-refractivity contribution < 1.29 is 19.4 Å². The maximum Gasteiger partial charge on any atom is 0.325 e. The number of rotatable bonds is 3. The number of piperidine rings is 1. The standard InChI is InChI=1S/C17H22N2O4/c20-15(18-8-4-1-5-9-18)12-19-10-11-23-14-7-3-2-6-13(14)16(19)17(21)22/h2-3,6-7,16H,1,4-5,8-12H2,(H,21,22). The number of aliphatic carboxylic acids is 1. The number of benzene rings is 1. The lowest BCUT2D eigenvalue weighted by atomic mass is 10.0. The minimum absolute atomic E-state index is 0.00957. The fourth-order valence-electron chi connectivity index (χ4n) is 3.31. The highest BCUT2D eigenvalue weighted by Crippen LogP contribution is 2.32. The predicted molar refractivity (Wildman–Crippen MR) is 84.3 cm³/mol. The van der Waals surface area contributed by atoms with Gasteiger partial charge in [-0.25, -0.2) is 0 Å². The number of likely N-dealkylation sites (tertiary alicyclic amines) is 1. The van der Waals surface area contributed by atoms with Crippen molar-refractivity contribution in [2.24, 2.45) is 0 Å². The predicted octanol–water partition coefficient (Wildman–Crippen LogP) is 1.52. The third-order valence-corrected chi connectivity index (χ3v) is 4.50. The lowest BCUT2D eigenvalue weighted by Gasteiger charge is -2.31.